The highest BCUT2D eigenvalue weighted by molar-refractivity contribution is 7.71. The number of alkyl halides is 3. The van der Waals surface area contributed by atoms with Gasteiger partial charge in [-0.15, -0.1) is 0 Å². The van der Waals surface area contributed by atoms with Gasteiger partial charge in [-0.2, -0.15) is 13.2 Å². The predicted molar refractivity (Wildman–Crippen MR) is 64.6 cm³/mol. The number of hydrogen-bond acceptors (Lipinski definition) is 2. The third kappa shape index (κ3) is 2.65. The van der Waals surface area contributed by atoms with Crippen LogP contribution in [-0.2, 0) is 6.18 Å². The molecular formula is C12H8F4N2S. The lowest BCUT2D eigenvalue weighted by Gasteiger charge is -2.11. The lowest BCUT2D eigenvalue weighted by molar-refractivity contribution is -0.139. The number of nitrogens with one attached hydrogen (secondary N) is 1. The number of hydrogen-bond donors (Lipinski definition) is 1. The number of benzene rings is 1. The number of rotatable bonds is 1. The maximum atomic E-state index is 13.2. The van der Waals surface area contributed by atoms with Crippen molar-refractivity contribution in [1.29, 1.82) is 0 Å². The Morgan fingerprint density at radius 1 is 1.26 bits per heavy atom. The highest BCUT2D eigenvalue weighted by Gasteiger charge is 2.34. The Bertz CT molecular complexity index is 676. The van der Waals surface area contributed by atoms with E-state index in [4.69, 9.17) is 12.2 Å². The van der Waals surface area contributed by atoms with Gasteiger partial charge in [-0.1, -0.05) is 12.2 Å². The molecule has 2 aromatic rings. The van der Waals surface area contributed by atoms with E-state index in [1.807, 2.05) is 0 Å². The molecule has 0 fully saturated rings. The molecule has 2 rings (SSSR count). The summed E-state index contributed by atoms with van der Waals surface area (Å²) in [4.78, 5) is 6.54. The van der Waals surface area contributed by atoms with Crippen LogP contribution in [0.2, 0.25) is 0 Å². The minimum atomic E-state index is -4.74. The van der Waals surface area contributed by atoms with Gasteiger partial charge in [0.1, 0.15) is 10.5 Å². The van der Waals surface area contributed by atoms with E-state index >= 15 is 0 Å². The molecule has 0 unspecified atom stereocenters. The van der Waals surface area contributed by atoms with Crippen molar-refractivity contribution in [3.63, 3.8) is 0 Å². The van der Waals surface area contributed by atoms with E-state index < -0.39 is 17.6 Å². The van der Waals surface area contributed by atoms with Crippen molar-refractivity contribution < 1.29 is 17.6 Å². The first-order chi connectivity index (χ1) is 8.80. The van der Waals surface area contributed by atoms with Crippen LogP contribution in [0.1, 0.15) is 11.1 Å². The van der Waals surface area contributed by atoms with Crippen molar-refractivity contribution in [2.24, 2.45) is 0 Å². The second kappa shape index (κ2) is 4.73. The number of halogens is 4. The van der Waals surface area contributed by atoms with Crippen LogP contribution in [0, 0.1) is 17.4 Å². The average Bonchev–Trinajstić information content (AvgIpc) is 2.32. The summed E-state index contributed by atoms with van der Waals surface area (Å²) in [7, 11) is 0. The molecule has 19 heavy (non-hydrogen) atoms. The summed E-state index contributed by atoms with van der Waals surface area (Å²) in [6.45, 7) is 1.64. The molecule has 0 radical (unpaired) electrons. The van der Waals surface area contributed by atoms with E-state index in [0.717, 1.165) is 12.1 Å². The third-order valence-electron chi connectivity index (χ3n) is 2.65. The van der Waals surface area contributed by atoms with Gasteiger partial charge in [-0.25, -0.2) is 9.37 Å². The maximum Gasteiger partial charge on any atom is 0.419 e. The van der Waals surface area contributed by atoms with E-state index in [-0.39, 0.29) is 10.2 Å². The molecule has 1 aromatic heterocycles. The van der Waals surface area contributed by atoms with E-state index in [9.17, 15) is 17.6 Å². The third-order valence-corrected chi connectivity index (χ3v) is 3.06. The molecule has 1 N–H and O–H groups in total. The van der Waals surface area contributed by atoms with Crippen LogP contribution in [0.4, 0.5) is 17.6 Å². The Hall–Kier alpha value is -1.76. The fraction of sp³-hybridized carbons (Fsp3) is 0.167. The summed E-state index contributed by atoms with van der Waals surface area (Å²) in [6, 6.07) is 2.80. The number of H-pyrrole nitrogens is 1. The zero-order chi connectivity index (χ0) is 14.2. The molecule has 0 spiro atoms. The summed E-state index contributed by atoms with van der Waals surface area (Å²) >= 11 is 4.95. The normalized spacial score (nSPS) is 11.6. The summed E-state index contributed by atoms with van der Waals surface area (Å²) in [5, 5.41) is 0. The van der Waals surface area contributed by atoms with E-state index in [2.05, 4.69) is 9.97 Å². The molecule has 1 heterocycles. The largest absolute Gasteiger partial charge is 0.419 e. The Balaban J connectivity index is 2.65. The number of aromatic amines is 1. The van der Waals surface area contributed by atoms with Crippen molar-refractivity contribution in [2.75, 3.05) is 0 Å². The van der Waals surface area contributed by atoms with Crippen LogP contribution in [0.15, 0.2) is 24.5 Å². The topological polar surface area (TPSA) is 28.7 Å². The molecule has 0 bridgehead atoms. The van der Waals surface area contributed by atoms with E-state index in [1.165, 1.54) is 12.4 Å². The second-order valence-corrected chi connectivity index (χ2v) is 4.29. The molecule has 0 aliphatic heterocycles. The van der Waals surface area contributed by atoms with Gasteiger partial charge < -0.3 is 4.98 Å². The minimum absolute atomic E-state index is 0.208. The smallest absolute Gasteiger partial charge is 0.346 e. The van der Waals surface area contributed by atoms with E-state index in [1.54, 1.807) is 6.92 Å². The van der Waals surface area contributed by atoms with Crippen LogP contribution in [0.3, 0.4) is 0 Å². The molecule has 2 nitrogen and oxygen atoms in total. The van der Waals surface area contributed by atoms with Crippen molar-refractivity contribution in [2.45, 2.75) is 13.1 Å². The molecule has 0 saturated carbocycles. The molecule has 0 aliphatic rings. The maximum absolute atomic E-state index is 13.2. The van der Waals surface area contributed by atoms with Crippen molar-refractivity contribution >= 4 is 12.2 Å². The van der Waals surface area contributed by atoms with Crippen LogP contribution in [0.25, 0.3) is 11.3 Å². The molecule has 0 aliphatic carbocycles. The Morgan fingerprint density at radius 3 is 2.58 bits per heavy atom. The second-order valence-electron chi connectivity index (χ2n) is 3.90. The summed E-state index contributed by atoms with van der Waals surface area (Å²) < 4.78 is 51.4. The fourth-order valence-corrected chi connectivity index (χ4v) is 1.82. The number of aromatic nitrogens is 2. The zero-order valence-electron chi connectivity index (χ0n) is 9.68. The Labute approximate surface area is 111 Å². The van der Waals surface area contributed by atoms with Gasteiger partial charge in [0.25, 0.3) is 0 Å². The highest BCUT2D eigenvalue weighted by atomic mass is 32.1. The first kappa shape index (κ1) is 13.7. The van der Waals surface area contributed by atoms with Gasteiger partial charge in [-0.3, -0.25) is 0 Å². The first-order valence-electron chi connectivity index (χ1n) is 5.22. The molecule has 0 saturated heterocycles. The zero-order valence-corrected chi connectivity index (χ0v) is 10.5. The number of nitrogens with zero attached hydrogens (tertiary/aromatic N) is 1. The highest BCUT2D eigenvalue weighted by Crippen LogP contribution is 2.34. The monoisotopic (exact) mass is 288 g/mol. The van der Waals surface area contributed by atoms with Gasteiger partial charge in [0.05, 0.1) is 17.6 Å². The summed E-state index contributed by atoms with van der Waals surface area (Å²) in [5.74, 6) is -1.30. The molecule has 1 aromatic carbocycles. The molecular weight excluding hydrogens is 280 g/mol. The van der Waals surface area contributed by atoms with Crippen molar-refractivity contribution in [3.05, 3.63) is 46.1 Å². The fourth-order valence-electron chi connectivity index (χ4n) is 1.67. The van der Waals surface area contributed by atoms with Gasteiger partial charge >= 0.3 is 6.18 Å². The molecule has 0 amide bonds. The quantitative estimate of drug-likeness (QED) is 0.627. The van der Waals surface area contributed by atoms with Crippen molar-refractivity contribution in [1.82, 2.24) is 9.97 Å². The van der Waals surface area contributed by atoms with Crippen LogP contribution >= 0.6 is 12.2 Å². The molecule has 0 atom stereocenters. The van der Waals surface area contributed by atoms with Crippen molar-refractivity contribution in [3.8, 4) is 11.3 Å². The standard InChI is InChI=1S/C12H8F4N2S/c1-6-10(17-5-18-11(6)19)7-2-3-9(13)8(4-7)12(14,15)16/h2-5H,1H3,(H,17,18,19). The van der Waals surface area contributed by atoms with Gasteiger partial charge in [-0.05, 0) is 30.7 Å². The average molecular weight is 288 g/mol. The summed E-state index contributed by atoms with van der Waals surface area (Å²) in [6.07, 6.45) is -3.45. The van der Waals surface area contributed by atoms with Gasteiger partial charge in [0.15, 0.2) is 0 Å². The minimum Gasteiger partial charge on any atom is -0.346 e. The van der Waals surface area contributed by atoms with Gasteiger partial charge in [0.2, 0.25) is 0 Å². The SMILES string of the molecule is Cc1c(-c2ccc(F)c(C(F)(F)F)c2)[nH]cnc1=S. The Kier molecular flexibility index (Phi) is 3.40. The van der Waals surface area contributed by atoms with Crippen LogP contribution < -0.4 is 0 Å². The predicted octanol–water partition coefficient (Wildman–Crippen LogP) is 4.27. The van der Waals surface area contributed by atoms with Gasteiger partial charge in [0, 0.05) is 5.56 Å². The summed E-state index contributed by atoms with van der Waals surface area (Å²) in [5.41, 5.74) is -0.164. The van der Waals surface area contributed by atoms with Crippen LogP contribution in [0.5, 0.6) is 0 Å². The first-order valence-corrected chi connectivity index (χ1v) is 5.63. The molecule has 7 heteroatoms. The lowest BCUT2D eigenvalue weighted by atomic mass is 10.0. The Morgan fingerprint density at radius 2 is 1.95 bits per heavy atom. The van der Waals surface area contributed by atoms with E-state index in [0.29, 0.717) is 11.3 Å². The lowest BCUT2D eigenvalue weighted by Crippen LogP contribution is -2.08. The van der Waals surface area contributed by atoms with Crippen LogP contribution in [-0.4, -0.2) is 9.97 Å². The molecule has 100 valence electrons.